The molecule has 2 rings (SSSR count). The number of aliphatic hydroxyl groups is 1. The summed E-state index contributed by atoms with van der Waals surface area (Å²) in [5, 5.41) is 13.6. The molecular formula is C12H18N2O2S. The largest absolute Gasteiger partial charge is 0.389 e. The van der Waals surface area contributed by atoms with Crippen molar-refractivity contribution < 1.29 is 9.90 Å². The first-order chi connectivity index (χ1) is 8.07. The van der Waals surface area contributed by atoms with Crippen LogP contribution in [0.4, 0.5) is 5.13 Å². The lowest BCUT2D eigenvalue weighted by atomic mass is 9.82. The van der Waals surface area contributed by atoms with Crippen LogP contribution in [0.3, 0.4) is 0 Å². The highest BCUT2D eigenvalue weighted by Gasteiger charge is 2.31. The quantitative estimate of drug-likeness (QED) is 0.871. The number of carbonyl (C=O) groups is 1. The molecule has 0 radical (unpaired) electrons. The first kappa shape index (κ1) is 12.5. The van der Waals surface area contributed by atoms with E-state index in [1.165, 1.54) is 11.3 Å². The van der Waals surface area contributed by atoms with Gasteiger partial charge in [0.1, 0.15) is 0 Å². The lowest BCUT2D eigenvalue weighted by Gasteiger charge is -2.31. The Bertz CT molecular complexity index is 397. The van der Waals surface area contributed by atoms with E-state index in [1.54, 1.807) is 6.20 Å². The predicted molar refractivity (Wildman–Crippen MR) is 68.1 cm³/mol. The third-order valence-corrected chi connectivity index (χ3v) is 3.97. The molecule has 1 aromatic heterocycles. The molecule has 1 saturated carbocycles. The average molecular weight is 254 g/mol. The van der Waals surface area contributed by atoms with Crippen molar-refractivity contribution in [1.82, 2.24) is 4.98 Å². The number of aromatic nitrogens is 1. The lowest BCUT2D eigenvalue weighted by molar-refractivity contribution is -0.122. The minimum atomic E-state index is -0.797. The van der Waals surface area contributed by atoms with Crippen LogP contribution in [0.1, 0.15) is 43.4 Å². The second-order valence-corrected chi connectivity index (χ2v) is 6.02. The third kappa shape index (κ3) is 3.51. The second-order valence-electron chi connectivity index (χ2n) is 4.79. The van der Waals surface area contributed by atoms with Gasteiger partial charge in [0.25, 0.3) is 0 Å². The van der Waals surface area contributed by atoms with Crippen molar-refractivity contribution in [3.8, 4) is 0 Å². The molecule has 0 bridgehead atoms. The van der Waals surface area contributed by atoms with Gasteiger partial charge >= 0.3 is 0 Å². The van der Waals surface area contributed by atoms with E-state index in [4.69, 9.17) is 0 Å². The van der Waals surface area contributed by atoms with Gasteiger partial charge in [0, 0.05) is 11.1 Å². The Morgan fingerprint density at radius 3 is 2.82 bits per heavy atom. The summed E-state index contributed by atoms with van der Waals surface area (Å²) in [6, 6.07) is 0. The molecule has 0 aromatic carbocycles. The molecule has 1 heterocycles. The first-order valence-corrected chi connectivity index (χ1v) is 6.84. The Labute approximate surface area is 105 Å². The number of hydrogen-bond donors (Lipinski definition) is 2. The number of hydrogen-bond acceptors (Lipinski definition) is 4. The average Bonchev–Trinajstić information content (AvgIpc) is 2.63. The number of aryl methyl sites for hydroxylation is 1. The topological polar surface area (TPSA) is 62.2 Å². The van der Waals surface area contributed by atoms with Crippen molar-refractivity contribution in [2.24, 2.45) is 0 Å². The monoisotopic (exact) mass is 254 g/mol. The number of amides is 1. The molecule has 5 heteroatoms. The molecule has 0 atom stereocenters. The first-order valence-electron chi connectivity index (χ1n) is 6.02. The normalized spacial score (nSPS) is 18.9. The number of anilines is 1. The van der Waals surface area contributed by atoms with Crippen molar-refractivity contribution in [3.63, 3.8) is 0 Å². The van der Waals surface area contributed by atoms with Crippen molar-refractivity contribution >= 4 is 22.4 Å². The van der Waals surface area contributed by atoms with Crippen molar-refractivity contribution in [2.75, 3.05) is 5.32 Å². The molecule has 1 fully saturated rings. The van der Waals surface area contributed by atoms with Gasteiger partial charge in [-0.25, -0.2) is 4.98 Å². The summed E-state index contributed by atoms with van der Waals surface area (Å²) in [6.45, 7) is 1.95. The van der Waals surface area contributed by atoms with E-state index >= 15 is 0 Å². The molecule has 94 valence electrons. The number of thiazole rings is 1. The van der Waals surface area contributed by atoms with Crippen LogP contribution in [0.25, 0.3) is 0 Å². The Morgan fingerprint density at radius 2 is 2.24 bits per heavy atom. The maximum Gasteiger partial charge on any atom is 0.229 e. The summed E-state index contributed by atoms with van der Waals surface area (Å²) < 4.78 is 0. The summed E-state index contributed by atoms with van der Waals surface area (Å²) in [4.78, 5) is 16.9. The fourth-order valence-corrected chi connectivity index (χ4v) is 2.94. The fourth-order valence-electron chi connectivity index (χ4n) is 2.26. The summed E-state index contributed by atoms with van der Waals surface area (Å²) in [5.74, 6) is -0.135. The minimum Gasteiger partial charge on any atom is -0.389 e. The van der Waals surface area contributed by atoms with E-state index in [1.807, 2.05) is 6.92 Å². The van der Waals surface area contributed by atoms with Crippen LogP contribution in [0.5, 0.6) is 0 Å². The van der Waals surface area contributed by atoms with Crippen LogP contribution in [0.2, 0.25) is 0 Å². The zero-order valence-electron chi connectivity index (χ0n) is 10.0. The molecular weight excluding hydrogens is 236 g/mol. The summed E-state index contributed by atoms with van der Waals surface area (Å²) in [6.07, 6.45) is 6.58. The second kappa shape index (κ2) is 5.14. The highest BCUT2D eigenvalue weighted by atomic mass is 32.1. The van der Waals surface area contributed by atoms with Gasteiger partial charge in [-0.15, -0.1) is 11.3 Å². The van der Waals surface area contributed by atoms with Gasteiger partial charge in [-0.2, -0.15) is 0 Å². The van der Waals surface area contributed by atoms with Crippen LogP contribution < -0.4 is 5.32 Å². The molecule has 17 heavy (non-hydrogen) atoms. The third-order valence-electron chi connectivity index (χ3n) is 3.14. The molecule has 1 aliphatic rings. The Morgan fingerprint density at radius 1 is 1.53 bits per heavy atom. The van der Waals surface area contributed by atoms with Gasteiger partial charge in [-0.3, -0.25) is 4.79 Å². The Kier molecular flexibility index (Phi) is 3.79. The number of rotatable bonds is 3. The van der Waals surface area contributed by atoms with E-state index in [0.29, 0.717) is 5.13 Å². The highest BCUT2D eigenvalue weighted by Crippen LogP contribution is 2.31. The summed E-state index contributed by atoms with van der Waals surface area (Å²) in [7, 11) is 0. The summed E-state index contributed by atoms with van der Waals surface area (Å²) >= 11 is 1.45. The van der Waals surface area contributed by atoms with Gasteiger partial charge in [-0.1, -0.05) is 19.3 Å². The van der Waals surface area contributed by atoms with Gasteiger partial charge < -0.3 is 10.4 Å². The highest BCUT2D eigenvalue weighted by molar-refractivity contribution is 7.15. The predicted octanol–water partition coefficient (Wildman–Crippen LogP) is 2.48. The van der Waals surface area contributed by atoms with Gasteiger partial charge in [-0.05, 0) is 19.8 Å². The van der Waals surface area contributed by atoms with Crippen LogP contribution in [-0.4, -0.2) is 21.6 Å². The van der Waals surface area contributed by atoms with Crippen LogP contribution >= 0.6 is 11.3 Å². The van der Waals surface area contributed by atoms with E-state index < -0.39 is 5.60 Å². The molecule has 0 aliphatic heterocycles. The standard InChI is InChI=1S/C12H18N2O2S/c1-9-8-13-11(17-9)14-10(15)7-12(16)5-3-2-4-6-12/h8,16H,2-7H2,1H3,(H,13,14,15). The van der Waals surface area contributed by atoms with Crippen molar-refractivity contribution in [2.45, 2.75) is 51.0 Å². The molecule has 4 nitrogen and oxygen atoms in total. The van der Waals surface area contributed by atoms with Crippen LogP contribution in [-0.2, 0) is 4.79 Å². The smallest absolute Gasteiger partial charge is 0.229 e. The van der Waals surface area contributed by atoms with Crippen LogP contribution in [0.15, 0.2) is 6.20 Å². The minimum absolute atomic E-state index is 0.135. The molecule has 1 aliphatic carbocycles. The van der Waals surface area contributed by atoms with Crippen molar-refractivity contribution in [3.05, 3.63) is 11.1 Å². The molecule has 2 N–H and O–H groups in total. The van der Waals surface area contributed by atoms with E-state index in [2.05, 4.69) is 10.3 Å². The number of nitrogens with one attached hydrogen (secondary N) is 1. The molecule has 1 aromatic rings. The molecule has 0 saturated heterocycles. The zero-order chi connectivity index (χ0) is 12.3. The zero-order valence-corrected chi connectivity index (χ0v) is 10.8. The number of carbonyl (C=O) groups excluding carboxylic acids is 1. The molecule has 0 spiro atoms. The summed E-state index contributed by atoms with van der Waals surface area (Å²) in [5.41, 5.74) is -0.797. The maximum absolute atomic E-state index is 11.8. The Hall–Kier alpha value is -0.940. The van der Waals surface area contributed by atoms with E-state index in [-0.39, 0.29) is 12.3 Å². The fraction of sp³-hybridized carbons (Fsp3) is 0.667. The van der Waals surface area contributed by atoms with Gasteiger partial charge in [0.15, 0.2) is 5.13 Å². The van der Waals surface area contributed by atoms with Crippen molar-refractivity contribution in [1.29, 1.82) is 0 Å². The molecule has 0 unspecified atom stereocenters. The van der Waals surface area contributed by atoms with Crippen LogP contribution in [0, 0.1) is 6.92 Å². The Balaban J connectivity index is 1.88. The number of nitrogens with zero attached hydrogens (tertiary/aromatic N) is 1. The van der Waals surface area contributed by atoms with Gasteiger partial charge in [0.05, 0.1) is 12.0 Å². The SMILES string of the molecule is Cc1cnc(NC(=O)CC2(O)CCCCC2)s1. The van der Waals surface area contributed by atoms with E-state index in [0.717, 1.165) is 37.0 Å². The maximum atomic E-state index is 11.8. The van der Waals surface area contributed by atoms with Gasteiger partial charge in [0.2, 0.25) is 5.91 Å². The lowest BCUT2D eigenvalue weighted by Crippen LogP contribution is -2.35. The van der Waals surface area contributed by atoms with E-state index in [9.17, 15) is 9.90 Å². The molecule has 1 amide bonds.